The van der Waals surface area contributed by atoms with E-state index < -0.39 is 17.3 Å². The predicted octanol–water partition coefficient (Wildman–Crippen LogP) is 2.91. The zero-order chi connectivity index (χ0) is 20.5. The van der Waals surface area contributed by atoms with Crippen LogP contribution in [0.1, 0.15) is 62.9 Å². The van der Waals surface area contributed by atoms with E-state index in [9.17, 15) is 9.18 Å². The topological polar surface area (TPSA) is 124 Å². The van der Waals surface area contributed by atoms with E-state index in [-0.39, 0.29) is 29.3 Å². The maximum atomic E-state index is 14.6. The third-order valence-electron chi connectivity index (χ3n) is 5.20. The lowest BCUT2D eigenvalue weighted by molar-refractivity contribution is 0.100. The Morgan fingerprint density at radius 1 is 1.39 bits per heavy atom. The van der Waals surface area contributed by atoms with Crippen LogP contribution in [0, 0.1) is 5.82 Å². The molecule has 0 bridgehead atoms. The Balaban J connectivity index is 1.91. The number of nitrogens with one attached hydrogen (secondary N) is 2. The van der Waals surface area contributed by atoms with E-state index >= 15 is 0 Å². The van der Waals surface area contributed by atoms with E-state index in [0.717, 1.165) is 31.7 Å². The third-order valence-corrected chi connectivity index (χ3v) is 5.20. The summed E-state index contributed by atoms with van der Waals surface area (Å²) in [5.74, 6) is -1.18. The molecule has 1 aliphatic rings. The molecule has 2 aromatic heterocycles. The number of aromatic nitrogens is 3. The Morgan fingerprint density at radius 3 is 2.75 bits per heavy atom. The first kappa shape index (κ1) is 20.1. The first-order valence-electron chi connectivity index (χ1n) is 9.54. The van der Waals surface area contributed by atoms with Crippen LogP contribution in [0.5, 0.6) is 0 Å². The fourth-order valence-electron chi connectivity index (χ4n) is 3.46. The second kappa shape index (κ2) is 7.75. The lowest BCUT2D eigenvalue weighted by Crippen LogP contribution is -2.54. The van der Waals surface area contributed by atoms with Crippen LogP contribution >= 0.6 is 0 Å². The second-order valence-corrected chi connectivity index (χ2v) is 7.96. The fourth-order valence-corrected chi connectivity index (χ4v) is 3.46. The summed E-state index contributed by atoms with van der Waals surface area (Å²) in [6.45, 7) is 5.95. The molecule has 1 aliphatic carbocycles. The molecule has 0 aliphatic heterocycles. The van der Waals surface area contributed by atoms with Gasteiger partial charge in [-0.05, 0) is 39.7 Å². The molecule has 0 aromatic carbocycles. The zero-order valence-electron chi connectivity index (χ0n) is 16.5. The molecule has 2 atom stereocenters. The minimum atomic E-state index is -0.766. The van der Waals surface area contributed by atoms with Gasteiger partial charge in [0.2, 0.25) is 0 Å². The van der Waals surface area contributed by atoms with Crippen LogP contribution < -0.4 is 22.1 Å². The summed E-state index contributed by atoms with van der Waals surface area (Å²) in [5.41, 5.74) is 11.9. The average molecular weight is 389 g/mol. The highest BCUT2D eigenvalue weighted by molar-refractivity contribution is 5.98. The molecule has 6 N–H and O–H groups in total. The van der Waals surface area contributed by atoms with Gasteiger partial charge >= 0.3 is 0 Å². The van der Waals surface area contributed by atoms with Crippen LogP contribution in [0.3, 0.4) is 0 Å². The predicted molar refractivity (Wildman–Crippen MR) is 107 cm³/mol. The quantitative estimate of drug-likeness (QED) is 0.602. The third kappa shape index (κ3) is 4.24. The van der Waals surface area contributed by atoms with Crippen LogP contribution in [0.25, 0.3) is 0 Å². The average Bonchev–Trinajstić information content (AvgIpc) is 3.07. The Morgan fingerprint density at radius 2 is 2.14 bits per heavy atom. The molecule has 28 heavy (non-hydrogen) atoms. The number of nitrogens with two attached hydrogens (primary N) is 2. The minimum absolute atomic E-state index is 0.0282. The van der Waals surface area contributed by atoms with Crippen molar-refractivity contribution < 1.29 is 9.18 Å². The number of halogens is 1. The molecular weight excluding hydrogens is 361 g/mol. The smallest absolute Gasteiger partial charge is 0.252 e. The van der Waals surface area contributed by atoms with Crippen molar-refractivity contribution in [2.45, 2.75) is 64.1 Å². The molecule has 3 rings (SSSR count). The molecule has 0 spiro atoms. The zero-order valence-corrected chi connectivity index (χ0v) is 16.5. The number of pyridine rings is 1. The molecule has 2 aromatic rings. The van der Waals surface area contributed by atoms with E-state index in [4.69, 9.17) is 11.5 Å². The van der Waals surface area contributed by atoms with Crippen molar-refractivity contribution in [3.63, 3.8) is 0 Å². The van der Waals surface area contributed by atoms with Crippen molar-refractivity contribution >= 4 is 23.2 Å². The largest absolute Gasteiger partial charge is 0.365 e. The molecule has 152 valence electrons. The number of hydrogen-bond acceptors (Lipinski definition) is 6. The Hall–Kier alpha value is -2.68. The monoisotopic (exact) mass is 389 g/mol. The first-order chi connectivity index (χ1) is 13.2. The van der Waals surface area contributed by atoms with Crippen molar-refractivity contribution in [1.82, 2.24) is 14.8 Å². The van der Waals surface area contributed by atoms with Crippen molar-refractivity contribution in [2.24, 2.45) is 11.5 Å². The highest BCUT2D eigenvalue weighted by Gasteiger charge is 2.33. The van der Waals surface area contributed by atoms with Crippen LogP contribution in [0.4, 0.5) is 21.7 Å². The highest BCUT2D eigenvalue weighted by Crippen LogP contribution is 2.30. The van der Waals surface area contributed by atoms with Crippen molar-refractivity contribution in [3.05, 3.63) is 29.8 Å². The van der Waals surface area contributed by atoms with Crippen molar-refractivity contribution in [1.29, 1.82) is 0 Å². The summed E-state index contributed by atoms with van der Waals surface area (Å²) in [4.78, 5) is 16.1. The Labute approximate surface area is 163 Å². The summed E-state index contributed by atoms with van der Waals surface area (Å²) in [6.07, 6.45) is 7.15. The Bertz CT molecular complexity index is 862. The maximum Gasteiger partial charge on any atom is 0.252 e. The summed E-state index contributed by atoms with van der Waals surface area (Å²) in [7, 11) is 0. The van der Waals surface area contributed by atoms with Gasteiger partial charge in [-0.1, -0.05) is 12.8 Å². The van der Waals surface area contributed by atoms with Gasteiger partial charge in [-0.25, -0.2) is 9.37 Å². The van der Waals surface area contributed by atoms with E-state index in [1.807, 2.05) is 20.8 Å². The van der Waals surface area contributed by atoms with Crippen molar-refractivity contribution in [3.8, 4) is 0 Å². The van der Waals surface area contributed by atoms with Crippen LogP contribution in [0.15, 0.2) is 18.5 Å². The maximum absolute atomic E-state index is 14.6. The molecule has 0 saturated heterocycles. The minimum Gasteiger partial charge on any atom is -0.365 e. The van der Waals surface area contributed by atoms with Gasteiger partial charge in [-0.2, -0.15) is 5.10 Å². The summed E-state index contributed by atoms with van der Waals surface area (Å²) in [6, 6.07) is 1.17. The van der Waals surface area contributed by atoms with Gasteiger partial charge in [-0.3, -0.25) is 9.48 Å². The molecular formula is C19H28FN7O. The molecule has 2 unspecified atom stereocenters. The van der Waals surface area contributed by atoms with Gasteiger partial charge in [-0.15, -0.1) is 0 Å². The summed E-state index contributed by atoms with van der Waals surface area (Å²) >= 11 is 0. The molecule has 2 heterocycles. The van der Waals surface area contributed by atoms with Gasteiger partial charge < -0.3 is 22.1 Å². The van der Waals surface area contributed by atoms with E-state index in [1.165, 1.54) is 0 Å². The van der Waals surface area contributed by atoms with Crippen LogP contribution in [-0.2, 0) is 0 Å². The second-order valence-electron chi connectivity index (χ2n) is 7.96. The normalized spacial score (nSPS) is 22.3. The number of rotatable bonds is 6. The molecule has 0 radical (unpaired) electrons. The summed E-state index contributed by atoms with van der Waals surface area (Å²) in [5, 5.41) is 10.4. The Kier molecular flexibility index (Phi) is 5.55. The summed E-state index contributed by atoms with van der Waals surface area (Å²) < 4.78 is 16.4. The van der Waals surface area contributed by atoms with E-state index in [1.54, 1.807) is 17.1 Å². The molecule has 9 heteroatoms. The lowest BCUT2D eigenvalue weighted by atomic mass is 9.79. The molecule has 1 amide bonds. The molecule has 1 fully saturated rings. The SMILES string of the molecule is CC(C)n1cc(Nc2nc(NC3CCCCC3(C)N)c(F)cc2C(N)=O)cn1. The molecule has 1 saturated carbocycles. The number of primary amides is 1. The van der Waals surface area contributed by atoms with Gasteiger partial charge in [0.05, 0.1) is 17.4 Å². The lowest BCUT2D eigenvalue weighted by Gasteiger charge is -2.39. The number of carbonyl (C=O) groups excluding carboxylic acids is 1. The van der Waals surface area contributed by atoms with Gasteiger partial charge in [0.25, 0.3) is 5.91 Å². The van der Waals surface area contributed by atoms with Gasteiger partial charge in [0.1, 0.15) is 5.82 Å². The first-order valence-corrected chi connectivity index (χ1v) is 9.54. The standard InChI is InChI=1S/C19H28FN7O/c1-11(2)27-10-12(9-23-27)24-17-13(16(21)28)8-14(20)18(26-17)25-15-6-4-5-7-19(15,3)22/h8-11,15H,4-7,22H2,1-3H3,(H2,21,28)(H2,24,25,26). The number of anilines is 3. The number of nitrogens with zero attached hydrogens (tertiary/aromatic N) is 3. The van der Waals surface area contributed by atoms with Gasteiger partial charge in [0.15, 0.2) is 11.6 Å². The van der Waals surface area contributed by atoms with Crippen LogP contribution in [-0.4, -0.2) is 32.3 Å². The van der Waals surface area contributed by atoms with E-state index in [0.29, 0.717) is 5.69 Å². The van der Waals surface area contributed by atoms with E-state index in [2.05, 4.69) is 20.7 Å². The number of amides is 1. The highest BCUT2D eigenvalue weighted by atomic mass is 19.1. The number of hydrogen-bond donors (Lipinski definition) is 4. The molecule has 8 nitrogen and oxygen atoms in total. The number of carbonyl (C=O) groups is 1. The van der Waals surface area contributed by atoms with Crippen LogP contribution in [0.2, 0.25) is 0 Å². The fraction of sp³-hybridized carbons (Fsp3) is 0.526. The van der Waals surface area contributed by atoms with Crippen molar-refractivity contribution in [2.75, 3.05) is 10.6 Å². The van der Waals surface area contributed by atoms with Gasteiger partial charge in [0, 0.05) is 23.8 Å².